The van der Waals surface area contributed by atoms with Crippen molar-refractivity contribution >= 4 is 40.5 Å². The van der Waals surface area contributed by atoms with Gasteiger partial charge in [0.05, 0.1) is 23.2 Å². The Balaban J connectivity index is 1.35. The maximum Gasteiger partial charge on any atom is 0.506 e. The van der Waals surface area contributed by atoms with Crippen LogP contribution in [0.15, 0.2) is 34.7 Å². The van der Waals surface area contributed by atoms with Crippen molar-refractivity contribution in [2.75, 3.05) is 26.7 Å². The summed E-state index contributed by atoms with van der Waals surface area (Å²) in [6, 6.07) is 9.58. The maximum atomic E-state index is 13.1. The van der Waals surface area contributed by atoms with Crippen LogP contribution >= 0.6 is 0 Å². The van der Waals surface area contributed by atoms with Crippen LogP contribution in [-0.2, 0) is 27.3 Å². The lowest BCUT2D eigenvalue weighted by atomic mass is 9.86. The number of benzene rings is 1. The summed E-state index contributed by atoms with van der Waals surface area (Å²) in [5.74, 6) is 0.316. The van der Waals surface area contributed by atoms with Crippen LogP contribution in [0.5, 0.6) is 0 Å². The molecule has 3 heterocycles. The molecule has 1 aromatic carbocycles. The number of piperidine rings is 1. The number of fused-ring (bicyclic) bond motifs is 1. The fourth-order valence-corrected chi connectivity index (χ4v) is 6.69. The van der Waals surface area contributed by atoms with Crippen molar-refractivity contribution in [1.82, 2.24) is 19.5 Å². The number of aryl methyl sites for hydroxylation is 1. The smallest absolute Gasteiger partial charge is 0.450 e. The molecule has 2 amide bonds. The van der Waals surface area contributed by atoms with E-state index >= 15 is 0 Å². The summed E-state index contributed by atoms with van der Waals surface area (Å²) < 4.78 is 41.3. The third-order valence-corrected chi connectivity index (χ3v) is 9.55. The van der Waals surface area contributed by atoms with Gasteiger partial charge in [-0.25, -0.2) is 18.8 Å². The van der Waals surface area contributed by atoms with Gasteiger partial charge < -0.3 is 29.2 Å². The number of carboxylic acid groups (broad SMARTS) is 1. The van der Waals surface area contributed by atoms with E-state index in [0.29, 0.717) is 35.2 Å². The van der Waals surface area contributed by atoms with Gasteiger partial charge in [0, 0.05) is 45.1 Å². The highest BCUT2D eigenvalue weighted by Crippen LogP contribution is 2.44. The van der Waals surface area contributed by atoms with Crippen LogP contribution in [0, 0.1) is 6.92 Å². The molecule has 2 aliphatic rings. The van der Waals surface area contributed by atoms with Crippen LogP contribution in [0.1, 0.15) is 92.4 Å². The molecule has 2 aromatic heterocycles. The highest BCUT2D eigenvalue weighted by Gasteiger charge is 2.40. The highest BCUT2D eigenvalue weighted by molar-refractivity contribution is 7.76. The van der Waals surface area contributed by atoms with Crippen molar-refractivity contribution in [3.05, 3.63) is 52.7 Å². The first kappa shape index (κ1) is 35.3. The number of likely N-dealkylation sites (tertiary alicyclic amines) is 1. The fraction of sp³-hybridized carbons (Fsp3) is 0.529. The first-order valence-electron chi connectivity index (χ1n) is 16.2. The summed E-state index contributed by atoms with van der Waals surface area (Å²) in [4.78, 5) is 43.7. The molecule has 2 fully saturated rings. The number of hydrogen-bond acceptors (Lipinski definition) is 8. The van der Waals surface area contributed by atoms with Crippen LogP contribution in [0.4, 0.5) is 9.59 Å². The van der Waals surface area contributed by atoms with Crippen LogP contribution < -0.4 is 5.32 Å². The van der Waals surface area contributed by atoms with E-state index in [1.807, 2.05) is 37.3 Å². The summed E-state index contributed by atoms with van der Waals surface area (Å²) in [6.45, 7) is 8.04. The van der Waals surface area contributed by atoms with E-state index in [1.54, 1.807) is 32.7 Å². The molecule has 1 saturated carbocycles. The zero-order chi connectivity index (χ0) is 34.8. The summed E-state index contributed by atoms with van der Waals surface area (Å²) >= 11 is -2.36. The van der Waals surface area contributed by atoms with Crippen molar-refractivity contribution < 1.29 is 42.1 Å². The topological polar surface area (TPSA) is 172 Å². The number of pyridine rings is 1. The molecule has 3 N–H and O–H groups in total. The van der Waals surface area contributed by atoms with Gasteiger partial charge in [-0.1, -0.05) is 29.8 Å². The average Bonchev–Trinajstić information content (AvgIpc) is 3.79. The number of ether oxygens (including phenoxy) is 2. The van der Waals surface area contributed by atoms with Crippen molar-refractivity contribution in [3.8, 4) is 11.3 Å². The Morgan fingerprint density at radius 3 is 2.40 bits per heavy atom. The molecule has 14 heteroatoms. The standard InChI is InChI=1S/C34H44N4O9S/c1-21-7-9-23(10-8-21)28-27(29(39)35-5)25-19-24(22-11-12-22)26(36-30(25)45-28)20-38(48(43)44)16-6-13-34(47-32(41)42)14-17-37(18-15-34)31(40)46-33(2,3)4/h7-10,19,22H,6,11-18,20H2,1-5H3,(H,35,39)(H,41,42)(H,43,44). The second-order valence-electron chi connectivity index (χ2n) is 13.6. The summed E-state index contributed by atoms with van der Waals surface area (Å²) in [5.41, 5.74) is 2.25. The van der Waals surface area contributed by atoms with E-state index < -0.39 is 34.7 Å². The van der Waals surface area contributed by atoms with E-state index in [1.165, 1.54) is 4.31 Å². The predicted octanol–water partition coefficient (Wildman–Crippen LogP) is 6.22. The minimum atomic E-state index is -2.36. The van der Waals surface area contributed by atoms with Gasteiger partial charge >= 0.3 is 12.2 Å². The molecule has 1 saturated heterocycles. The lowest BCUT2D eigenvalue weighted by Gasteiger charge is -2.41. The molecule has 1 atom stereocenters. The number of furan rings is 1. The van der Waals surface area contributed by atoms with E-state index in [2.05, 4.69) is 5.32 Å². The van der Waals surface area contributed by atoms with E-state index in [0.717, 1.165) is 29.5 Å². The Morgan fingerprint density at radius 1 is 1.17 bits per heavy atom. The Bertz CT molecular complexity index is 1690. The largest absolute Gasteiger partial charge is 0.506 e. The first-order chi connectivity index (χ1) is 22.7. The van der Waals surface area contributed by atoms with Crippen LogP contribution in [0.3, 0.4) is 0 Å². The Hall–Kier alpha value is -4.01. The van der Waals surface area contributed by atoms with Crippen molar-refractivity contribution in [2.45, 2.75) is 89.9 Å². The van der Waals surface area contributed by atoms with Crippen molar-refractivity contribution in [2.24, 2.45) is 0 Å². The van der Waals surface area contributed by atoms with Crippen LogP contribution in [0.25, 0.3) is 22.4 Å². The van der Waals surface area contributed by atoms with Gasteiger partial charge in [-0.2, -0.15) is 4.31 Å². The monoisotopic (exact) mass is 684 g/mol. The molecular formula is C34H44N4O9S. The van der Waals surface area contributed by atoms with Crippen LogP contribution in [0.2, 0.25) is 0 Å². The minimum absolute atomic E-state index is 0.0416. The molecule has 1 aliphatic carbocycles. The number of rotatable bonds is 11. The number of carbonyl (C=O) groups is 3. The number of nitrogens with one attached hydrogen (secondary N) is 1. The minimum Gasteiger partial charge on any atom is -0.450 e. The molecule has 48 heavy (non-hydrogen) atoms. The van der Waals surface area contributed by atoms with E-state index in [-0.39, 0.29) is 56.6 Å². The first-order valence-corrected chi connectivity index (χ1v) is 17.3. The molecule has 0 radical (unpaired) electrons. The molecule has 5 rings (SSSR count). The van der Waals surface area contributed by atoms with Gasteiger partial charge in [-0.3, -0.25) is 9.35 Å². The second kappa shape index (κ2) is 14.2. The zero-order valence-corrected chi connectivity index (χ0v) is 28.9. The lowest BCUT2D eigenvalue weighted by molar-refractivity contribution is -0.0643. The molecular weight excluding hydrogens is 640 g/mol. The van der Waals surface area contributed by atoms with E-state index in [4.69, 9.17) is 18.9 Å². The number of hydrogen-bond donors (Lipinski definition) is 3. The predicted molar refractivity (Wildman–Crippen MR) is 179 cm³/mol. The van der Waals surface area contributed by atoms with Crippen molar-refractivity contribution in [1.29, 1.82) is 0 Å². The summed E-state index contributed by atoms with van der Waals surface area (Å²) in [6.07, 6.45) is 1.21. The molecule has 0 bridgehead atoms. The van der Waals surface area contributed by atoms with Gasteiger partial charge in [0.15, 0.2) is 0 Å². The summed E-state index contributed by atoms with van der Waals surface area (Å²) in [7, 11) is 1.56. The van der Waals surface area contributed by atoms with Gasteiger partial charge in [0.2, 0.25) is 17.0 Å². The average molecular weight is 685 g/mol. The third-order valence-electron chi connectivity index (χ3n) is 8.80. The molecule has 260 valence electrons. The Labute approximate surface area is 282 Å². The second-order valence-corrected chi connectivity index (χ2v) is 14.6. The zero-order valence-electron chi connectivity index (χ0n) is 28.0. The highest BCUT2D eigenvalue weighted by atomic mass is 32.2. The number of aromatic nitrogens is 1. The number of amides is 2. The SMILES string of the molecule is CNC(=O)c1c(-c2ccc(C)cc2)oc2nc(CN(CCCC3(OC(=O)O)CCN(C(=O)OC(C)(C)C)CC3)S(=O)O)c(C3CC3)cc12. The maximum absolute atomic E-state index is 13.1. The molecule has 3 aromatic rings. The molecule has 1 aliphatic heterocycles. The summed E-state index contributed by atoms with van der Waals surface area (Å²) in [5, 5.41) is 12.8. The number of nitrogens with zero attached hydrogens (tertiary/aromatic N) is 3. The Kier molecular flexibility index (Phi) is 10.5. The van der Waals surface area contributed by atoms with Gasteiger partial charge in [-0.15, -0.1) is 0 Å². The van der Waals surface area contributed by atoms with Gasteiger partial charge in [-0.05, 0) is 70.9 Å². The molecule has 1 unspecified atom stereocenters. The molecule has 0 spiro atoms. The fourth-order valence-electron chi connectivity index (χ4n) is 6.18. The van der Waals surface area contributed by atoms with Gasteiger partial charge in [0.1, 0.15) is 17.0 Å². The quantitative estimate of drug-likeness (QED) is 0.155. The lowest BCUT2D eigenvalue weighted by Crippen LogP contribution is -2.50. The Morgan fingerprint density at radius 2 is 1.83 bits per heavy atom. The van der Waals surface area contributed by atoms with E-state index in [9.17, 15) is 28.3 Å². The van der Waals surface area contributed by atoms with Crippen molar-refractivity contribution in [3.63, 3.8) is 0 Å². The third kappa shape index (κ3) is 8.34. The molecule has 13 nitrogen and oxygen atoms in total. The normalized spacial score (nSPS) is 16.9. The van der Waals surface area contributed by atoms with Gasteiger partial charge in [0.25, 0.3) is 5.91 Å². The number of carbonyl (C=O) groups excluding carboxylic acids is 2. The van der Waals surface area contributed by atoms with Crippen LogP contribution in [-0.4, -0.2) is 84.1 Å².